The standard InChI is InChI=1S/C22H20N2O4S/c1-13(2)27-15-9-8-14-10-16(21(25)28-20(14)11-15)18-12-29-22(24-18)23-17-6-4-5-7-19(17)26-3/h4-13H,1-3H3,(H,23,24). The maximum atomic E-state index is 12.6. The number of nitrogens with one attached hydrogen (secondary N) is 1. The Morgan fingerprint density at radius 2 is 1.97 bits per heavy atom. The SMILES string of the molecule is COc1ccccc1Nc1nc(-c2cc3ccc(OC(C)C)cc3oc2=O)cs1. The monoisotopic (exact) mass is 408 g/mol. The van der Waals surface area contributed by atoms with Crippen LogP contribution in [0.5, 0.6) is 11.5 Å². The number of anilines is 2. The van der Waals surface area contributed by atoms with E-state index in [0.717, 1.165) is 11.1 Å². The van der Waals surface area contributed by atoms with Crippen molar-refractivity contribution in [1.82, 2.24) is 4.98 Å². The van der Waals surface area contributed by atoms with Gasteiger partial charge in [-0.15, -0.1) is 11.3 Å². The Balaban J connectivity index is 1.65. The van der Waals surface area contributed by atoms with E-state index in [2.05, 4.69) is 10.3 Å². The number of thiazole rings is 1. The van der Waals surface area contributed by atoms with E-state index in [1.54, 1.807) is 19.2 Å². The molecule has 0 saturated carbocycles. The molecule has 29 heavy (non-hydrogen) atoms. The summed E-state index contributed by atoms with van der Waals surface area (Å²) in [5.74, 6) is 1.38. The van der Waals surface area contributed by atoms with Gasteiger partial charge in [0.2, 0.25) is 0 Å². The van der Waals surface area contributed by atoms with Crippen LogP contribution < -0.4 is 20.4 Å². The highest BCUT2D eigenvalue weighted by molar-refractivity contribution is 7.14. The Morgan fingerprint density at radius 3 is 2.76 bits per heavy atom. The quantitative estimate of drug-likeness (QED) is 0.427. The van der Waals surface area contributed by atoms with Gasteiger partial charge in [0, 0.05) is 16.8 Å². The fourth-order valence-corrected chi connectivity index (χ4v) is 3.66. The maximum absolute atomic E-state index is 12.6. The van der Waals surface area contributed by atoms with Gasteiger partial charge < -0.3 is 19.2 Å². The number of benzene rings is 2. The molecule has 0 aliphatic rings. The first kappa shape index (κ1) is 19.0. The van der Waals surface area contributed by atoms with Gasteiger partial charge in [-0.05, 0) is 44.2 Å². The number of rotatable bonds is 6. The van der Waals surface area contributed by atoms with Gasteiger partial charge >= 0.3 is 5.63 Å². The molecule has 0 fully saturated rings. The molecule has 2 aromatic carbocycles. The first-order valence-electron chi connectivity index (χ1n) is 9.14. The third-order valence-corrected chi connectivity index (χ3v) is 4.97. The highest BCUT2D eigenvalue weighted by Gasteiger charge is 2.13. The molecule has 1 N–H and O–H groups in total. The van der Waals surface area contributed by atoms with Gasteiger partial charge in [0.05, 0.1) is 30.2 Å². The average molecular weight is 408 g/mol. The second kappa shape index (κ2) is 7.97. The maximum Gasteiger partial charge on any atom is 0.345 e. The number of para-hydroxylation sites is 2. The van der Waals surface area contributed by atoms with E-state index in [0.29, 0.717) is 33.5 Å². The topological polar surface area (TPSA) is 73.6 Å². The van der Waals surface area contributed by atoms with Gasteiger partial charge in [-0.2, -0.15) is 0 Å². The van der Waals surface area contributed by atoms with Crippen molar-refractivity contribution in [3.8, 4) is 22.8 Å². The first-order chi connectivity index (χ1) is 14.0. The summed E-state index contributed by atoms with van der Waals surface area (Å²) in [5.41, 5.74) is 1.83. The molecule has 148 valence electrons. The molecule has 0 bridgehead atoms. The summed E-state index contributed by atoms with van der Waals surface area (Å²) in [4.78, 5) is 17.1. The lowest BCUT2D eigenvalue weighted by Crippen LogP contribution is -2.06. The molecule has 0 unspecified atom stereocenters. The van der Waals surface area contributed by atoms with Crippen molar-refractivity contribution in [2.75, 3.05) is 12.4 Å². The molecule has 2 heterocycles. The van der Waals surface area contributed by atoms with Crippen molar-refractivity contribution < 1.29 is 13.9 Å². The summed E-state index contributed by atoms with van der Waals surface area (Å²) >= 11 is 1.40. The van der Waals surface area contributed by atoms with Crippen molar-refractivity contribution >= 4 is 33.1 Å². The lowest BCUT2D eigenvalue weighted by Gasteiger charge is -2.10. The number of fused-ring (bicyclic) bond motifs is 1. The molecule has 0 saturated heterocycles. The van der Waals surface area contributed by atoms with Crippen LogP contribution in [0.25, 0.3) is 22.2 Å². The van der Waals surface area contributed by atoms with Crippen LogP contribution in [-0.2, 0) is 0 Å². The minimum Gasteiger partial charge on any atom is -0.495 e. The van der Waals surface area contributed by atoms with Gasteiger partial charge in [-0.1, -0.05) is 12.1 Å². The molecule has 0 atom stereocenters. The lowest BCUT2D eigenvalue weighted by molar-refractivity contribution is 0.242. The zero-order valence-electron chi connectivity index (χ0n) is 16.3. The van der Waals surface area contributed by atoms with Crippen molar-refractivity contribution in [2.24, 2.45) is 0 Å². The predicted molar refractivity (Wildman–Crippen MR) is 116 cm³/mol. The van der Waals surface area contributed by atoms with Crippen LogP contribution in [0.3, 0.4) is 0 Å². The van der Waals surface area contributed by atoms with Crippen LogP contribution in [0.1, 0.15) is 13.8 Å². The van der Waals surface area contributed by atoms with Gasteiger partial charge in [-0.25, -0.2) is 9.78 Å². The van der Waals surface area contributed by atoms with Crippen LogP contribution in [0.4, 0.5) is 10.8 Å². The van der Waals surface area contributed by atoms with E-state index >= 15 is 0 Å². The average Bonchev–Trinajstić information content (AvgIpc) is 3.15. The number of nitrogens with zero attached hydrogens (tertiary/aromatic N) is 1. The van der Waals surface area contributed by atoms with Crippen LogP contribution in [0, 0.1) is 0 Å². The number of aromatic nitrogens is 1. The molecular formula is C22H20N2O4S. The smallest absolute Gasteiger partial charge is 0.345 e. The lowest BCUT2D eigenvalue weighted by atomic mass is 10.1. The van der Waals surface area contributed by atoms with E-state index in [4.69, 9.17) is 13.9 Å². The van der Waals surface area contributed by atoms with Gasteiger partial charge in [-0.3, -0.25) is 0 Å². The third-order valence-electron chi connectivity index (χ3n) is 4.21. The van der Waals surface area contributed by atoms with Gasteiger partial charge in [0.1, 0.15) is 17.1 Å². The summed E-state index contributed by atoms with van der Waals surface area (Å²) in [6, 6.07) is 14.8. The van der Waals surface area contributed by atoms with Crippen molar-refractivity contribution in [2.45, 2.75) is 20.0 Å². The van der Waals surface area contributed by atoms with Crippen molar-refractivity contribution in [3.63, 3.8) is 0 Å². The number of hydrogen-bond donors (Lipinski definition) is 1. The van der Waals surface area contributed by atoms with Crippen LogP contribution in [0.15, 0.2) is 63.1 Å². The van der Waals surface area contributed by atoms with Crippen LogP contribution in [-0.4, -0.2) is 18.2 Å². The largest absolute Gasteiger partial charge is 0.495 e. The summed E-state index contributed by atoms with van der Waals surface area (Å²) < 4.78 is 16.5. The van der Waals surface area contributed by atoms with Crippen molar-refractivity contribution in [1.29, 1.82) is 0 Å². The Morgan fingerprint density at radius 1 is 1.14 bits per heavy atom. The normalized spacial score (nSPS) is 11.0. The zero-order valence-corrected chi connectivity index (χ0v) is 17.1. The van der Waals surface area contributed by atoms with E-state index in [1.165, 1.54) is 11.3 Å². The zero-order chi connectivity index (χ0) is 20.4. The summed E-state index contributed by atoms with van der Waals surface area (Å²) in [5, 5.41) is 6.52. The van der Waals surface area contributed by atoms with Gasteiger partial charge in [0.25, 0.3) is 0 Å². The van der Waals surface area contributed by atoms with Gasteiger partial charge in [0.15, 0.2) is 5.13 Å². The minimum atomic E-state index is -0.437. The fourth-order valence-electron chi connectivity index (χ4n) is 2.93. The molecule has 4 aromatic rings. The molecular weight excluding hydrogens is 388 g/mol. The Kier molecular flexibility index (Phi) is 5.22. The van der Waals surface area contributed by atoms with E-state index in [-0.39, 0.29) is 6.10 Å². The molecule has 7 heteroatoms. The van der Waals surface area contributed by atoms with Crippen LogP contribution in [0.2, 0.25) is 0 Å². The minimum absolute atomic E-state index is 0.0441. The second-order valence-electron chi connectivity index (χ2n) is 6.68. The fraction of sp³-hybridized carbons (Fsp3) is 0.182. The second-order valence-corrected chi connectivity index (χ2v) is 7.54. The Bertz CT molecular complexity index is 1210. The number of ether oxygens (including phenoxy) is 2. The first-order valence-corrected chi connectivity index (χ1v) is 10.0. The molecule has 0 amide bonds. The van der Waals surface area contributed by atoms with E-state index < -0.39 is 5.63 Å². The molecule has 6 nitrogen and oxygen atoms in total. The highest BCUT2D eigenvalue weighted by atomic mass is 32.1. The molecule has 2 aromatic heterocycles. The number of hydrogen-bond acceptors (Lipinski definition) is 7. The molecule has 0 radical (unpaired) electrons. The summed E-state index contributed by atoms with van der Waals surface area (Å²) in [6.45, 7) is 3.89. The molecule has 0 aliphatic heterocycles. The third kappa shape index (κ3) is 4.09. The molecule has 0 aliphatic carbocycles. The molecule has 0 spiro atoms. The van der Waals surface area contributed by atoms with E-state index in [1.807, 2.05) is 55.6 Å². The predicted octanol–water partition coefficient (Wildman–Crippen LogP) is 5.46. The Labute approximate surface area is 171 Å². The number of methoxy groups -OCH3 is 1. The van der Waals surface area contributed by atoms with Crippen molar-refractivity contribution in [3.05, 3.63) is 64.3 Å². The van der Waals surface area contributed by atoms with E-state index in [9.17, 15) is 4.79 Å². The summed E-state index contributed by atoms with van der Waals surface area (Å²) in [6.07, 6.45) is 0.0441. The molecule has 4 rings (SSSR count). The Hall–Kier alpha value is -3.32. The highest BCUT2D eigenvalue weighted by Crippen LogP contribution is 2.31. The summed E-state index contributed by atoms with van der Waals surface area (Å²) in [7, 11) is 1.62. The van der Waals surface area contributed by atoms with Crippen LogP contribution >= 0.6 is 11.3 Å².